The molecule has 1 aliphatic rings. The van der Waals surface area contributed by atoms with Gasteiger partial charge in [-0.1, -0.05) is 13.0 Å². The molecule has 1 atom stereocenters. The lowest BCUT2D eigenvalue weighted by atomic mass is 9.95. The summed E-state index contributed by atoms with van der Waals surface area (Å²) in [5.41, 5.74) is -1.63. The van der Waals surface area contributed by atoms with Crippen molar-refractivity contribution in [3.05, 3.63) is 29.8 Å². The number of methoxy groups -OCH3 is 1. The van der Waals surface area contributed by atoms with E-state index in [1.807, 2.05) is 0 Å². The van der Waals surface area contributed by atoms with Crippen LogP contribution in [-0.2, 0) is 0 Å². The molecule has 5 heteroatoms. The molecular weight excluding hydrogens is 245 g/mol. The smallest absolute Gasteiger partial charge is 0.432 e. The summed E-state index contributed by atoms with van der Waals surface area (Å²) in [5.74, 6) is 0.659. The van der Waals surface area contributed by atoms with Gasteiger partial charge in [0.15, 0.2) is 0 Å². The Labute approximate surface area is 103 Å². The Kier molecular flexibility index (Phi) is 3.00. The number of ether oxygens (including phenoxy) is 2. The summed E-state index contributed by atoms with van der Waals surface area (Å²) < 4.78 is 49.4. The maximum atomic E-state index is 13.1. The highest BCUT2D eigenvalue weighted by atomic mass is 19.4. The predicted octanol–water partition coefficient (Wildman–Crippen LogP) is 3.81. The second kappa shape index (κ2) is 4.23. The standard InChI is InChI=1S/C13H13F3O2/c1-3-12(13(14,15)16)7-6-9-4-5-10(17-2)8-11(9)18-12/h4-8H,3H2,1-2H3. The van der Waals surface area contributed by atoms with Gasteiger partial charge in [0.2, 0.25) is 5.60 Å². The highest BCUT2D eigenvalue weighted by Crippen LogP contribution is 2.43. The molecule has 0 saturated heterocycles. The van der Waals surface area contributed by atoms with Crippen LogP contribution < -0.4 is 9.47 Å². The molecule has 1 aliphatic heterocycles. The molecule has 2 nitrogen and oxygen atoms in total. The molecule has 2 rings (SSSR count). The van der Waals surface area contributed by atoms with Gasteiger partial charge in [-0.25, -0.2) is 0 Å². The first-order valence-electron chi connectivity index (χ1n) is 5.55. The molecule has 0 radical (unpaired) electrons. The van der Waals surface area contributed by atoms with Gasteiger partial charge < -0.3 is 9.47 Å². The molecule has 0 saturated carbocycles. The lowest BCUT2D eigenvalue weighted by Crippen LogP contribution is -2.49. The van der Waals surface area contributed by atoms with Crippen LogP contribution in [0.15, 0.2) is 24.3 Å². The number of hydrogen-bond donors (Lipinski definition) is 0. The van der Waals surface area contributed by atoms with Crippen molar-refractivity contribution in [1.82, 2.24) is 0 Å². The zero-order valence-electron chi connectivity index (χ0n) is 10.0. The highest BCUT2D eigenvalue weighted by molar-refractivity contribution is 5.63. The summed E-state index contributed by atoms with van der Waals surface area (Å²) in [6.45, 7) is 1.45. The summed E-state index contributed by atoms with van der Waals surface area (Å²) in [5, 5.41) is 0. The predicted molar refractivity (Wildman–Crippen MR) is 61.7 cm³/mol. The topological polar surface area (TPSA) is 18.5 Å². The van der Waals surface area contributed by atoms with Crippen LogP contribution in [0.3, 0.4) is 0 Å². The first-order chi connectivity index (χ1) is 8.42. The zero-order valence-corrected chi connectivity index (χ0v) is 10.0. The minimum Gasteiger partial charge on any atom is -0.497 e. The molecule has 98 valence electrons. The molecule has 1 unspecified atom stereocenters. The van der Waals surface area contributed by atoms with E-state index in [2.05, 4.69) is 0 Å². The molecule has 0 fully saturated rings. The minimum absolute atomic E-state index is 0.177. The molecule has 1 aromatic rings. The van der Waals surface area contributed by atoms with E-state index >= 15 is 0 Å². The zero-order chi connectivity index (χ0) is 13.4. The van der Waals surface area contributed by atoms with E-state index in [9.17, 15) is 13.2 Å². The fourth-order valence-corrected chi connectivity index (χ4v) is 1.87. The Balaban J connectivity index is 2.44. The molecule has 1 aromatic carbocycles. The number of halogens is 3. The monoisotopic (exact) mass is 258 g/mol. The number of fused-ring (bicyclic) bond motifs is 1. The Morgan fingerprint density at radius 2 is 2.06 bits per heavy atom. The van der Waals surface area contributed by atoms with Crippen LogP contribution in [0.25, 0.3) is 6.08 Å². The Hall–Kier alpha value is -1.65. The van der Waals surface area contributed by atoms with Gasteiger partial charge in [0.05, 0.1) is 7.11 Å². The van der Waals surface area contributed by atoms with Crippen molar-refractivity contribution in [1.29, 1.82) is 0 Å². The van der Waals surface area contributed by atoms with Gasteiger partial charge in [0.25, 0.3) is 0 Å². The van der Waals surface area contributed by atoms with Crippen LogP contribution in [0.2, 0.25) is 0 Å². The summed E-state index contributed by atoms with van der Waals surface area (Å²) >= 11 is 0. The average molecular weight is 258 g/mol. The van der Waals surface area contributed by atoms with Gasteiger partial charge in [-0.2, -0.15) is 13.2 Å². The molecule has 0 amide bonds. The van der Waals surface area contributed by atoms with Crippen molar-refractivity contribution in [2.75, 3.05) is 7.11 Å². The van der Waals surface area contributed by atoms with Crippen molar-refractivity contribution in [3.8, 4) is 11.5 Å². The van der Waals surface area contributed by atoms with Crippen LogP contribution in [0.4, 0.5) is 13.2 Å². The third-order valence-corrected chi connectivity index (χ3v) is 3.05. The van der Waals surface area contributed by atoms with E-state index in [0.717, 1.165) is 6.08 Å². The van der Waals surface area contributed by atoms with Crippen LogP contribution in [0.5, 0.6) is 11.5 Å². The van der Waals surface area contributed by atoms with E-state index in [-0.39, 0.29) is 12.2 Å². The van der Waals surface area contributed by atoms with Gasteiger partial charge in [0, 0.05) is 11.6 Å². The summed E-state index contributed by atoms with van der Waals surface area (Å²) in [6.07, 6.45) is -2.11. The summed E-state index contributed by atoms with van der Waals surface area (Å²) in [4.78, 5) is 0. The highest BCUT2D eigenvalue weighted by Gasteiger charge is 2.55. The second-order valence-electron chi connectivity index (χ2n) is 4.08. The fraction of sp³-hybridized carbons (Fsp3) is 0.385. The van der Waals surface area contributed by atoms with Gasteiger partial charge in [-0.05, 0) is 24.6 Å². The molecule has 0 bridgehead atoms. The van der Waals surface area contributed by atoms with E-state index in [0.29, 0.717) is 11.3 Å². The first-order valence-corrected chi connectivity index (χ1v) is 5.55. The normalized spacial score (nSPS) is 22.3. The van der Waals surface area contributed by atoms with Crippen molar-refractivity contribution in [2.24, 2.45) is 0 Å². The number of benzene rings is 1. The van der Waals surface area contributed by atoms with E-state index in [4.69, 9.17) is 9.47 Å². The second-order valence-corrected chi connectivity index (χ2v) is 4.08. The molecule has 0 aliphatic carbocycles. The molecule has 0 N–H and O–H groups in total. The minimum atomic E-state index is -4.45. The van der Waals surface area contributed by atoms with Crippen LogP contribution >= 0.6 is 0 Å². The Morgan fingerprint density at radius 1 is 1.33 bits per heavy atom. The van der Waals surface area contributed by atoms with Crippen molar-refractivity contribution >= 4 is 6.08 Å². The van der Waals surface area contributed by atoms with Crippen LogP contribution in [0, 0.1) is 0 Å². The van der Waals surface area contributed by atoms with Crippen molar-refractivity contribution in [3.63, 3.8) is 0 Å². The average Bonchev–Trinajstić information content (AvgIpc) is 2.35. The maximum Gasteiger partial charge on any atom is 0.432 e. The van der Waals surface area contributed by atoms with E-state index < -0.39 is 11.8 Å². The van der Waals surface area contributed by atoms with Crippen molar-refractivity contribution in [2.45, 2.75) is 25.1 Å². The maximum absolute atomic E-state index is 13.1. The lowest BCUT2D eigenvalue weighted by molar-refractivity contribution is -0.230. The van der Waals surface area contributed by atoms with Crippen molar-refractivity contribution < 1.29 is 22.6 Å². The number of hydrogen-bond acceptors (Lipinski definition) is 2. The third-order valence-electron chi connectivity index (χ3n) is 3.05. The van der Waals surface area contributed by atoms with Crippen LogP contribution in [0.1, 0.15) is 18.9 Å². The summed E-state index contributed by atoms with van der Waals surface area (Å²) in [7, 11) is 1.46. The van der Waals surface area contributed by atoms with Gasteiger partial charge in [0.1, 0.15) is 11.5 Å². The third kappa shape index (κ3) is 1.94. The molecule has 0 spiro atoms. The quantitative estimate of drug-likeness (QED) is 0.803. The molecular formula is C13H13F3O2. The van der Waals surface area contributed by atoms with Crippen LogP contribution in [-0.4, -0.2) is 18.9 Å². The Morgan fingerprint density at radius 3 is 2.61 bits per heavy atom. The molecule has 1 heterocycles. The first kappa shape index (κ1) is 12.8. The largest absolute Gasteiger partial charge is 0.497 e. The number of alkyl halides is 3. The SMILES string of the molecule is CCC1(C(F)(F)F)C=Cc2ccc(OC)cc2O1. The lowest BCUT2D eigenvalue weighted by Gasteiger charge is -2.35. The summed E-state index contributed by atoms with van der Waals surface area (Å²) in [6, 6.07) is 4.81. The van der Waals surface area contributed by atoms with E-state index in [1.165, 1.54) is 26.2 Å². The van der Waals surface area contributed by atoms with Gasteiger partial charge in [-0.3, -0.25) is 0 Å². The van der Waals surface area contributed by atoms with Gasteiger partial charge in [-0.15, -0.1) is 0 Å². The molecule has 18 heavy (non-hydrogen) atoms. The van der Waals surface area contributed by atoms with Gasteiger partial charge >= 0.3 is 6.18 Å². The molecule has 0 aromatic heterocycles. The fourth-order valence-electron chi connectivity index (χ4n) is 1.87. The number of rotatable bonds is 2. The van der Waals surface area contributed by atoms with E-state index in [1.54, 1.807) is 12.1 Å². The Bertz CT molecular complexity index is 480.